The van der Waals surface area contributed by atoms with Crippen LogP contribution in [0, 0.1) is 0 Å². The van der Waals surface area contributed by atoms with E-state index in [1.807, 2.05) is 23.8 Å². The van der Waals surface area contributed by atoms with Gasteiger partial charge in [0.25, 0.3) is 0 Å². The molecule has 2 atom stereocenters. The molecule has 2 amide bonds. The molecule has 2 N–H and O–H groups in total. The Morgan fingerprint density at radius 2 is 2.40 bits per heavy atom. The van der Waals surface area contributed by atoms with Crippen molar-refractivity contribution in [3.8, 4) is 0 Å². The number of carboxylic acid groups (broad SMARTS) is 1. The molecule has 1 saturated heterocycles. The van der Waals surface area contributed by atoms with Crippen molar-refractivity contribution in [3.05, 3.63) is 22.4 Å². The van der Waals surface area contributed by atoms with Crippen LogP contribution in [-0.4, -0.2) is 46.1 Å². The van der Waals surface area contributed by atoms with Gasteiger partial charge in [-0.25, -0.2) is 4.79 Å². The Bertz CT molecular complexity index is 464. The first-order valence-electron chi connectivity index (χ1n) is 6.46. The summed E-state index contributed by atoms with van der Waals surface area (Å²) < 4.78 is 0. The highest BCUT2D eigenvalue weighted by molar-refractivity contribution is 7.99. The second-order valence-electron chi connectivity index (χ2n) is 4.75. The van der Waals surface area contributed by atoms with Gasteiger partial charge in [-0.15, -0.1) is 0 Å². The normalized spacial score (nSPS) is 20.4. The lowest BCUT2D eigenvalue weighted by Crippen LogP contribution is -2.51. The highest BCUT2D eigenvalue weighted by Crippen LogP contribution is 2.21. The number of carbonyl (C=O) groups excluding carboxylic acids is 1. The van der Waals surface area contributed by atoms with Crippen LogP contribution in [0.25, 0.3) is 0 Å². The quantitative estimate of drug-likeness (QED) is 0.895. The van der Waals surface area contributed by atoms with E-state index in [4.69, 9.17) is 5.11 Å². The molecular weight excluding hydrogens is 296 g/mol. The highest BCUT2D eigenvalue weighted by Gasteiger charge is 2.29. The summed E-state index contributed by atoms with van der Waals surface area (Å²) in [5.41, 5.74) is 1.07. The van der Waals surface area contributed by atoms with Crippen LogP contribution in [0.5, 0.6) is 0 Å². The standard InChI is InChI=1S/C13H18N2O3S2/c1-9(10-2-4-19-7-10)14-13(18)15-3-5-20-8-11(15)6-12(16)17/h2,4,7,9,11H,3,5-6,8H2,1H3,(H,14,18)(H,16,17). The van der Waals surface area contributed by atoms with E-state index >= 15 is 0 Å². The van der Waals surface area contributed by atoms with Gasteiger partial charge in [0.2, 0.25) is 0 Å². The number of aliphatic carboxylic acids is 1. The van der Waals surface area contributed by atoms with E-state index in [0.717, 1.165) is 11.3 Å². The molecule has 2 rings (SSSR count). The van der Waals surface area contributed by atoms with Crippen molar-refractivity contribution in [1.82, 2.24) is 10.2 Å². The van der Waals surface area contributed by atoms with Gasteiger partial charge in [-0.05, 0) is 29.3 Å². The van der Waals surface area contributed by atoms with Crippen LogP contribution in [0.4, 0.5) is 4.79 Å². The zero-order chi connectivity index (χ0) is 14.5. The molecule has 7 heteroatoms. The fraction of sp³-hybridized carbons (Fsp3) is 0.538. The maximum Gasteiger partial charge on any atom is 0.318 e. The first-order valence-corrected chi connectivity index (χ1v) is 8.56. The molecule has 0 bridgehead atoms. The van der Waals surface area contributed by atoms with Crippen LogP contribution in [0.3, 0.4) is 0 Å². The summed E-state index contributed by atoms with van der Waals surface area (Å²) >= 11 is 3.29. The third-order valence-corrected chi connectivity index (χ3v) is 5.08. The van der Waals surface area contributed by atoms with Crippen molar-refractivity contribution in [2.75, 3.05) is 18.1 Å². The average Bonchev–Trinajstić information content (AvgIpc) is 2.92. The molecule has 20 heavy (non-hydrogen) atoms. The summed E-state index contributed by atoms with van der Waals surface area (Å²) in [4.78, 5) is 24.9. The zero-order valence-electron chi connectivity index (χ0n) is 11.2. The van der Waals surface area contributed by atoms with Crippen molar-refractivity contribution < 1.29 is 14.7 Å². The molecule has 2 unspecified atom stereocenters. The third kappa shape index (κ3) is 3.89. The summed E-state index contributed by atoms with van der Waals surface area (Å²) in [5.74, 6) is 0.685. The minimum Gasteiger partial charge on any atom is -0.481 e. The van der Waals surface area contributed by atoms with E-state index < -0.39 is 5.97 Å². The molecule has 0 radical (unpaired) electrons. The second kappa shape index (κ2) is 6.99. The smallest absolute Gasteiger partial charge is 0.318 e. The van der Waals surface area contributed by atoms with E-state index in [1.165, 1.54) is 0 Å². The number of amides is 2. The zero-order valence-corrected chi connectivity index (χ0v) is 12.9. The number of urea groups is 1. The molecule has 0 aliphatic carbocycles. The van der Waals surface area contributed by atoms with Gasteiger partial charge in [0.15, 0.2) is 0 Å². The summed E-state index contributed by atoms with van der Waals surface area (Å²) in [7, 11) is 0. The van der Waals surface area contributed by atoms with Gasteiger partial charge in [-0.2, -0.15) is 23.1 Å². The van der Waals surface area contributed by atoms with Gasteiger partial charge in [-0.3, -0.25) is 4.79 Å². The Morgan fingerprint density at radius 1 is 1.60 bits per heavy atom. The maximum absolute atomic E-state index is 12.3. The highest BCUT2D eigenvalue weighted by atomic mass is 32.2. The van der Waals surface area contributed by atoms with Gasteiger partial charge < -0.3 is 15.3 Å². The first kappa shape index (κ1) is 15.2. The molecule has 0 aromatic carbocycles. The Kier molecular flexibility index (Phi) is 5.31. The van der Waals surface area contributed by atoms with Crippen molar-refractivity contribution in [2.24, 2.45) is 0 Å². The van der Waals surface area contributed by atoms with Crippen LogP contribution in [0.1, 0.15) is 24.9 Å². The van der Waals surface area contributed by atoms with E-state index in [9.17, 15) is 9.59 Å². The molecule has 110 valence electrons. The Labute approximate surface area is 126 Å². The van der Waals surface area contributed by atoms with E-state index in [2.05, 4.69) is 5.32 Å². The minimum absolute atomic E-state index is 0.00719. The van der Waals surface area contributed by atoms with Crippen molar-refractivity contribution in [3.63, 3.8) is 0 Å². The molecule has 0 spiro atoms. The molecule has 1 aromatic heterocycles. The summed E-state index contributed by atoms with van der Waals surface area (Å²) in [6.45, 7) is 2.54. The molecule has 1 aliphatic heterocycles. The number of hydrogen-bond donors (Lipinski definition) is 2. The van der Waals surface area contributed by atoms with Gasteiger partial charge in [0.1, 0.15) is 0 Å². The number of carbonyl (C=O) groups is 2. The number of nitrogens with zero attached hydrogens (tertiary/aromatic N) is 1. The van der Waals surface area contributed by atoms with Crippen molar-refractivity contribution >= 4 is 35.1 Å². The summed E-state index contributed by atoms with van der Waals surface area (Å²) in [5, 5.41) is 15.9. The first-order chi connectivity index (χ1) is 9.58. The number of nitrogens with one attached hydrogen (secondary N) is 1. The van der Waals surface area contributed by atoms with Gasteiger partial charge in [-0.1, -0.05) is 0 Å². The lowest BCUT2D eigenvalue weighted by molar-refractivity contribution is -0.137. The van der Waals surface area contributed by atoms with Crippen LogP contribution in [0.15, 0.2) is 16.8 Å². The summed E-state index contributed by atoms with van der Waals surface area (Å²) in [6, 6.07) is 1.53. The second-order valence-corrected chi connectivity index (χ2v) is 6.68. The number of thioether (sulfide) groups is 1. The van der Waals surface area contributed by atoms with E-state index in [1.54, 1.807) is 28.0 Å². The fourth-order valence-corrected chi connectivity index (χ4v) is 3.98. The molecule has 1 aromatic rings. The topological polar surface area (TPSA) is 69.6 Å². The lowest BCUT2D eigenvalue weighted by Gasteiger charge is -2.35. The van der Waals surface area contributed by atoms with E-state index in [-0.39, 0.29) is 24.5 Å². The largest absolute Gasteiger partial charge is 0.481 e. The number of carboxylic acids is 1. The van der Waals surface area contributed by atoms with E-state index in [0.29, 0.717) is 12.3 Å². The molecule has 1 aliphatic rings. The van der Waals surface area contributed by atoms with Crippen molar-refractivity contribution in [2.45, 2.75) is 25.4 Å². The lowest BCUT2D eigenvalue weighted by atomic mass is 10.2. The number of hydrogen-bond acceptors (Lipinski definition) is 4. The third-order valence-electron chi connectivity index (χ3n) is 3.28. The van der Waals surface area contributed by atoms with Gasteiger partial charge >= 0.3 is 12.0 Å². The van der Waals surface area contributed by atoms with Crippen LogP contribution >= 0.6 is 23.1 Å². The Morgan fingerprint density at radius 3 is 3.05 bits per heavy atom. The molecule has 0 saturated carbocycles. The number of thiophene rings is 1. The minimum atomic E-state index is -0.860. The number of rotatable bonds is 4. The Hall–Kier alpha value is -1.21. The monoisotopic (exact) mass is 314 g/mol. The van der Waals surface area contributed by atoms with Crippen molar-refractivity contribution in [1.29, 1.82) is 0 Å². The SMILES string of the molecule is CC(NC(=O)N1CCSCC1CC(=O)O)c1ccsc1. The fourth-order valence-electron chi connectivity index (χ4n) is 2.17. The van der Waals surface area contributed by atoms with Crippen LogP contribution in [-0.2, 0) is 4.79 Å². The predicted molar refractivity (Wildman–Crippen MR) is 81.3 cm³/mol. The average molecular weight is 314 g/mol. The molecule has 2 heterocycles. The van der Waals surface area contributed by atoms with Crippen LogP contribution < -0.4 is 5.32 Å². The molecule has 1 fully saturated rings. The molecule has 5 nitrogen and oxygen atoms in total. The predicted octanol–water partition coefficient (Wildman–Crippen LogP) is 2.41. The maximum atomic E-state index is 12.3. The Balaban J connectivity index is 1.97. The van der Waals surface area contributed by atoms with Gasteiger partial charge in [0.05, 0.1) is 18.5 Å². The van der Waals surface area contributed by atoms with Crippen LogP contribution in [0.2, 0.25) is 0 Å². The van der Waals surface area contributed by atoms with Gasteiger partial charge in [0, 0.05) is 18.1 Å². The molecular formula is C13H18N2O3S2. The summed E-state index contributed by atoms with van der Waals surface area (Å²) in [6.07, 6.45) is 0.00719.